The topological polar surface area (TPSA) is 115 Å². The number of rotatable bonds is 4. The van der Waals surface area contributed by atoms with Crippen molar-refractivity contribution in [2.24, 2.45) is 5.92 Å². The van der Waals surface area contributed by atoms with Crippen LogP contribution in [-0.4, -0.2) is 44.6 Å². The van der Waals surface area contributed by atoms with E-state index in [9.17, 15) is 9.59 Å². The molecule has 0 aromatic heterocycles. The summed E-state index contributed by atoms with van der Waals surface area (Å²) in [6, 6.07) is 0. The first-order valence-electron chi connectivity index (χ1n) is 4.55. The lowest BCUT2D eigenvalue weighted by Crippen LogP contribution is -2.24. The summed E-state index contributed by atoms with van der Waals surface area (Å²) in [7, 11) is 0. The Hall–Kier alpha value is -1.14. The fourth-order valence-corrected chi connectivity index (χ4v) is 0.722. The normalized spacial score (nSPS) is 15.5. The van der Waals surface area contributed by atoms with Crippen LogP contribution >= 0.6 is 0 Å². The highest BCUT2D eigenvalue weighted by molar-refractivity contribution is 5.71. The van der Waals surface area contributed by atoms with Gasteiger partial charge in [0.15, 0.2) is 0 Å². The van der Waals surface area contributed by atoms with E-state index >= 15 is 0 Å². The van der Waals surface area contributed by atoms with Crippen molar-refractivity contribution in [2.45, 2.75) is 39.4 Å². The zero-order chi connectivity index (χ0) is 12.6. The SMILES string of the molecule is CC(O)C(=O)O.CCC(C(=O)O)C(C)O. The summed E-state index contributed by atoms with van der Waals surface area (Å²) >= 11 is 0. The van der Waals surface area contributed by atoms with Gasteiger partial charge in [0.1, 0.15) is 6.10 Å². The van der Waals surface area contributed by atoms with Crippen molar-refractivity contribution < 1.29 is 30.0 Å². The molecule has 0 aromatic rings. The molecule has 3 atom stereocenters. The molecule has 6 nitrogen and oxygen atoms in total. The second kappa shape index (κ2) is 8.19. The maximum atomic E-state index is 10.2. The van der Waals surface area contributed by atoms with Gasteiger partial charge >= 0.3 is 11.9 Å². The molecule has 0 fully saturated rings. The molecule has 15 heavy (non-hydrogen) atoms. The summed E-state index contributed by atoms with van der Waals surface area (Å²) in [5.74, 6) is -2.72. The largest absolute Gasteiger partial charge is 0.481 e. The molecule has 0 rings (SSSR count). The van der Waals surface area contributed by atoms with Gasteiger partial charge in [-0.25, -0.2) is 4.79 Å². The second-order valence-corrected chi connectivity index (χ2v) is 3.11. The van der Waals surface area contributed by atoms with Crippen molar-refractivity contribution >= 4 is 11.9 Å². The molecule has 90 valence electrons. The number of aliphatic hydroxyl groups is 2. The number of hydrogen-bond acceptors (Lipinski definition) is 4. The van der Waals surface area contributed by atoms with Gasteiger partial charge in [-0.05, 0) is 20.3 Å². The highest BCUT2D eigenvalue weighted by Crippen LogP contribution is 2.07. The Morgan fingerprint density at radius 3 is 1.40 bits per heavy atom. The summed E-state index contributed by atoms with van der Waals surface area (Å²) in [4.78, 5) is 19.7. The minimum atomic E-state index is -1.23. The molecule has 0 aliphatic carbocycles. The molecule has 0 aliphatic rings. The molecular formula is C9H18O6. The lowest BCUT2D eigenvalue weighted by molar-refractivity contribution is -0.146. The van der Waals surface area contributed by atoms with Crippen molar-refractivity contribution in [1.82, 2.24) is 0 Å². The summed E-state index contributed by atoms with van der Waals surface area (Å²) in [6.45, 7) is 4.43. The Labute approximate surface area is 88.2 Å². The molecule has 3 unspecified atom stereocenters. The van der Waals surface area contributed by atoms with Crippen molar-refractivity contribution in [3.05, 3.63) is 0 Å². The minimum Gasteiger partial charge on any atom is -0.481 e. The van der Waals surface area contributed by atoms with E-state index in [-0.39, 0.29) is 0 Å². The lowest BCUT2D eigenvalue weighted by Gasteiger charge is -2.11. The third kappa shape index (κ3) is 9.17. The number of aliphatic hydroxyl groups excluding tert-OH is 2. The summed E-state index contributed by atoms with van der Waals surface area (Å²) in [5, 5.41) is 33.0. The fourth-order valence-electron chi connectivity index (χ4n) is 0.722. The van der Waals surface area contributed by atoms with E-state index in [0.717, 1.165) is 0 Å². The van der Waals surface area contributed by atoms with Gasteiger partial charge in [0, 0.05) is 0 Å². The molecule has 0 radical (unpaired) electrons. The zero-order valence-corrected chi connectivity index (χ0v) is 9.04. The number of carboxylic acid groups (broad SMARTS) is 2. The summed E-state index contributed by atoms with van der Waals surface area (Å²) in [5.41, 5.74) is 0. The van der Waals surface area contributed by atoms with E-state index in [1.165, 1.54) is 13.8 Å². The first-order chi connectivity index (χ1) is 6.73. The predicted octanol–water partition coefficient (Wildman–Crippen LogP) is -0.0702. The third-order valence-corrected chi connectivity index (χ3v) is 1.70. The van der Waals surface area contributed by atoms with Crippen LogP contribution in [0.2, 0.25) is 0 Å². The number of hydrogen-bond donors (Lipinski definition) is 4. The smallest absolute Gasteiger partial charge is 0.332 e. The molecule has 0 saturated carbocycles. The van der Waals surface area contributed by atoms with E-state index in [0.29, 0.717) is 6.42 Å². The summed E-state index contributed by atoms with van der Waals surface area (Å²) < 4.78 is 0. The van der Waals surface area contributed by atoms with Crippen molar-refractivity contribution in [2.75, 3.05) is 0 Å². The van der Waals surface area contributed by atoms with Crippen LogP contribution in [0.5, 0.6) is 0 Å². The molecule has 0 amide bonds. The van der Waals surface area contributed by atoms with Gasteiger partial charge in [-0.15, -0.1) is 0 Å². The van der Waals surface area contributed by atoms with E-state index in [1.807, 2.05) is 0 Å². The number of carbonyl (C=O) groups is 2. The first-order valence-corrected chi connectivity index (χ1v) is 4.55. The van der Waals surface area contributed by atoms with Gasteiger partial charge in [0.25, 0.3) is 0 Å². The van der Waals surface area contributed by atoms with Gasteiger partial charge in [-0.3, -0.25) is 4.79 Å². The Morgan fingerprint density at radius 2 is 1.40 bits per heavy atom. The summed E-state index contributed by atoms with van der Waals surface area (Å²) in [6.07, 6.45) is -1.50. The van der Waals surface area contributed by atoms with Crippen LogP contribution in [0, 0.1) is 5.92 Å². The Kier molecular flexibility index (Phi) is 8.90. The van der Waals surface area contributed by atoms with Gasteiger partial charge in [0.2, 0.25) is 0 Å². The number of carboxylic acids is 2. The van der Waals surface area contributed by atoms with Gasteiger partial charge in [-0.1, -0.05) is 6.92 Å². The van der Waals surface area contributed by atoms with E-state index in [4.69, 9.17) is 20.4 Å². The third-order valence-electron chi connectivity index (χ3n) is 1.70. The highest BCUT2D eigenvalue weighted by atomic mass is 16.4. The lowest BCUT2D eigenvalue weighted by atomic mass is 10.0. The predicted molar refractivity (Wildman–Crippen MR) is 52.4 cm³/mol. The molecule has 4 N–H and O–H groups in total. The highest BCUT2D eigenvalue weighted by Gasteiger charge is 2.19. The average Bonchev–Trinajstić information content (AvgIpc) is 2.04. The monoisotopic (exact) mass is 222 g/mol. The molecular weight excluding hydrogens is 204 g/mol. The van der Waals surface area contributed by atoms with Crippen LogP contribution in [-0.2, 0) is 9.59 Å². The minimum absolute atomic E-state index is 0.479. The van der Waals surface area contributed by atoms with Crippen LogP contribution in [0.4, 0.5) is 0 Å². The molecule has 0 spiro atoms. The molecule has 0 saturated heterocycles. The van der Waals surface area contributed by atoms with Gasteiger partial charge < -0.3 is 20.4 Å². The fraction of sp³-hybridized carbons (Fsp3) is 0.778. The molecule has 0 bridgehead atoms. The molecule has 6 heteroatoms. The molecule has 0 aliphatic heterocycles. The molecule has 0 heterocycles. The van der Waals surface area contributed by atoms with Crippen LogP contribution < -0.4 is 0 Å². The standard InChI is InChI=1S/C6H12O3.C3H6O3/c1-3-5(4(2)7)6(8)9;1-2(4)3(5)6/h4-5,7H,3H2,1-2H3,(H,8,9);2,4H,1H3,(H,5,6). The average molecular weight is 222 g/mol. The van der Waals surface area contributed by atoms with Crippen molar-refractivity contribution in [1.29, 1.82) is 0 Å². The maximum Gasteiger partial charge on any atom is 0.332 e. The van der Waals surface area contributed by atoms with E-state index < -0.39 is 30.1 Å². The maximum absolute atomic E-state index is 10.2. The van der Waals surface area contributed by atoms with E-state index in [2.05, 4.69) is 0 Å². The van der Waals surface area contributed by atoms with Gasteiger partial charge in [0.05, 0.1) is 12.0 Å². The van der Waals surface area contributed by atoms with E-state index in [1.54, 1.807) is 6.92 Å². The first kappa shape index (κ1) is 16.3. The quantitative estimate of drug-likeness (QED) is 0.529. The Morgan fingerprint density at radius 1 is 1.07 bits per heavy atom. The Balaban J connectivity index is 0. The molecule has 0 aromatic carbocycles. The second-order valence-electron chi connectivity index (χ2n) is 3.11. The van der Waals surface area contributed by atoms with Crippen LogP contribution in [0.1, 0.15) is 27.2 Å². The van der Waals surface area contributed by atoms with Crippen LogP contribution in [0.25, 0.3) is 0 Å². The Bertz CT molecular complexity index is 199. The van der Waals surface area contributed by atoms with Crippen molar-refractivity contribution in [3.63, 3.8) is 0 Å². The van der Waals surface area contributed by atoms with Crippen LogP contribution in [0.15, 0.2) is 0 Å². The van der Waals surface area contributed by atoms with Crippen molar-refractivity contribution in [3.8, 4) is 0 Å². The number of aliphatic carboxylic acids is 2. The van der Waals surface area contributed by atoms with Crippen LogP contribution in [0.3, 0.4) is 0 Å². The van der Waals surface area contributed by atoms with Gasteiger partial charge in [-0.2, -0.15) is 0 Å². The zero-order valence-electron chi connectivity index (χ0n) is 9.04.